The van der Waals surface area contributed by atoms with Crippen molar-refractivity contribution in [2.75, 3.05) is 71.9 Å². The van der Waals surface area contributed by atoms with Crippen LogP contribution >= 0.6 is 0 Å². The van der Waals surface area contributed by atoms with Gasteiger partial charge in [0.05, 0.1) is 29.2 Å². The predicted molar refractivity (Wildman–Crippen MR) is 223 cm³/mol. The van der Waals surface area contributed by atoms with Crippen LogP contribution in [0, 0.1) is 23.1 Å². The number of methoxy groups -OCH3 is 2. The van der Waals surface area contributed by atoms with E-state index < -0.39 is 19.7 Å². The lowest BCUT2D eigenvalue weighted by Crippen LogP contribution is -2.43. The molecular formula is C44H57F2N5O5Si. The van der Waals surface area contributed by atoms with Crippen molar-refractivity contribution in [2.45, 2.75) is 95.5 Å². The van der Waals surface area contributed by atoms with Gasteiger partial charge < -0.3 is 28.6 Å². The first-order valence-corrected chi connectivity index (χ1v) is 22.7. The fourth-order valence-corrected chi connectivity index (χ4v) is 15.0. The molecule has 3 aliphatic rings. The summed E-state index contributed by atoms with van der Waals surface area (Å²) in [6.45, 7) is 17.9. The van der Waals surface area contributed by atoms with E-state index in [9.17, 15) is 0 Å². The summed E-state index contributed by atoms with van der Waals surface area (Å²) in [6.07, 6.45) is 5.43. The third-order valence-corrected chi connectivity index (χ3v) is 18.9. The molecule has 0 radical (unpaired) electrons. The minimum absolute atomic E-state index is 0.00167. The predicted octanol–water partition coefficient (Wildman–Crippen LogP) is 8.53. The van der Waals surface area contributed by atoms with Crippen LogP contribution < -0.4 is 14.4 Å². The maximum atomic E-state index is 17.6. The van der Waals surface area contributed by atoms with Gasteiger partial charge in [-0.1, -0.05) is 53.5 Å². The van der Waals surface area contributed by atoms with Gasteiger partial charge in [0, 0.05) is 57.6 Å². The van der Waals surface area contributed by atoms with Crippen molar-refractivity contribution >= 4 is 35.6 Å². The van der Waals surface area contributed by atoms with E-state index in [0.29, 0.717) is 82.8 Å². The first-order chi connectivity index (χ1) is 27.4. The Hall–Kier alpha value is -3.93. The minimum Gasteiger partial charge on any atom is -0.468 e. The summed E-state index contributed by atoms with van der Waals surface area (Å²) in [5, 5.41) is 1.55. The highest BCUT2D eigenvalue weighted by Gasteiger charge is 2.49. The normalized spacial score (nSPS) is 20.4. The van der Waals surface area contributed by atoms with E-state index in [-0.39, 0.29) is 41.2 Å². The SMILES string of the molecule is COCOc1cc(-c2ncc3c(N4CCCOCC4)nc(OC[C@@]45CCCN4C[C@H](OC)C5)nc3c2F)c2c(C#C[Si](C(C)C)(C(C)C)C(C)C)c(F)ccc2c1. The number of hydrogen-bond donors (Lipinski definition) is 0. The summed E-state index contributed by atoms with van der Waals surface area (Å²) in [5.74, 6) is 3.16. The third-order valence-electron chi connectivity index (χ3n) is 12.7. The van der Waals surface area contributed by atoms with Gasteiger partial charge in [-0.25, -0.2) is 8.78 Å². The summed E-state index contributed by atoms with van der Waals surface area (Å²) < 4.78 is 63.0. The number of ether oxygens (including phenoxy) is 5. The molecule has 2 atom stereocenters. The quantitative estimate of drug-likeness (QED) is 0.0789. The van der Waals surface area contributed by atoms with Gasteiger partial charge in [0.25, 0.3) is 0 Å². The fourth-order valence-electron chi connectivity index (χ4n) is 9.83. The molecule has 3 fully saturated rings. The molecule has 0 saturated carbocycles. The molecule has 5 heterocycles. The molecule has 2 aromatic heterocycles. The summed E-state index contributed by atoms with van der Waals surface area (Å²) in [7, 11) is 1.01. The molecule has 0 aliphatic carbocycles. The van der Waals surface area contributed by atoms with Gasteiger partial charge in [0.15, 0.2) is 12.6 Å². The van der Waals surface area contributed by atoms with Crippen molar-refractivity contribution in [2.24, 2.45) is 0 Å². The molecule has 10 nitrogen and oxygen atoms in total. The summed E-state index contributed by atoms with van der Waals surface area (Å²) in [6, 6.07) is 6.68. The molecule has 0 spiro atoms. The van der Waals surface area contributed by atoms with Crippen molar-refractivity contribution < 1.29 is 32.5 Å². The average molecular weight is 802 g/mol. The molecule has 306 valence electrons. The number of fused-ring (bicyclic) bond motifs is 3. The van der Waals surface area contributed by atoms with Crippen LogP contribution in [-0.4, -0.2) is 107 Å². The monoisotopic (exact) mass is 801 g/mol. The molecule has 3 aliphatic heterocycles. The standard InChI is InChI=1S/C44H57F2N5O5Si/c1-28(2)57(29(3)4,30(5)6)20-13-34-37(45)12-11-31-21-32(56-27-52-7)22-35(38(31)34)40-39(46)41-36(24-47-40)42(50-15-10-18-54-19-17-50)49-43(48-41)55-26-44-14-9-16-51(44)25-33(23-44)53-8/h11-12,21-22,24,28-30,33H,9-10,14-19,23,25-27H2,1-8H3/t33-,44+/m1/s1. The van der Waals surface area contributed by atoms with Crippen LogP contribution in [0.2, 0.25) is 16.6 Å². The van der Waals surface area contributed by atoms with Crippen LogP contribution in [0.15, 0.2) is 30.5 Å². The number of pyridine rings is 1. The molecule has 4 aromatic rings. The Kier molecular flexibility index (Phi) is 12.4. The Balaban J connectivity index is 1.42. The highest BCUT2D eigenvalue weighted by molar-refractivity contribution is 6.90. The van der Waals surface area contributed by atoms with Crippen LogP contribution in [0.1, 0.15) is 72.8 Å². The maximum absolute atomic E-state index is 17.6. The van der Waals surface area contributed by atoms with E-state index in [4.69, 9.17) is 38.6 Å². The molecule has 0 unspecified atom stereocenters. The molecule has 0 N–H and O–H groups in total. The van der Waals surface area contributed by atoms with Crippen LogP contribution in [0.4, 0.5) is 14.6 Å². The zero-order chi connectivity index (χ0) is 40.5. The molecule has 0 bridgehead atoms. The number of rotatable bonds is 12. The highest BCUT2D eigenvalue weighted by Crippen LogP contribution is 2.43. The lowest BCUT2D eigenvalue weighted by atomic mass is 9.94. The molecular weight excluding hydrogens is 745 g/mol. The van der Waals surface area contributed by atoms with Gasteiger partial charge in [-0.05, 0) is 72.4 Å². The Labute approximate surface area is 336 Å². The Morgan fingerprint density at radius 2 is 1.75 bits per heavy atom. The van der Waals surface area contributed by atoms with E-state index in [2.05, 4.69) is 62.8 Å². The number of halogens is 2. The fraction of sp³-hybridized carbons (Fsp3) is 0.568. The van der Waals surface area contributed by atoms with Gasteiger partial charge in [-0.3, -0.25) is 9.88 Å². The second kappa shape index (κ2) is 17.1. The van der Waals surface area contributed by atoms with Gasteiger partial charge in [0.1, 0.15) is 43.3 Å². The largest absolute Gasteiger partial charge is 0.468 e. The summed E-state index contributed by atoms with van der Waals surface area (Å²) in [4.78, 5) is 19.0. The van der Waals surface area contributed by atoms with Crippen molar-refractivity contribution in [3.63, 3.8) is 0 Å². The highest BCUT2D eigenvalue weighted by atomic mass is 28.3. The zero-order valence-corrected chi connectivity index (χ0v) is 35.7. The van der Waals surface area contributed by atoms with Crippen molar-refractivity contribution in [3.05, 3.63) is 47.7 Å². The van der Waals surface area contributed by atoms with Crippen LogP contribution in [0.3, 0.4) is 0 Å². The van der Waals surface area contributed by atoms with E-state index in [0.717, 1.165) is 38.8 Å². The molecule has 3 saturated heterocycles. The van der Waals surface area contributed by atoms with E-state index in [1.54, 1.807) is 31.5 Å². The number of hydrogen-bond acceptors (Lipinski definition) is 10. The lowest BCUT2D eigenvalue weighted by molar-refractivity contribution is 0.0512. The topological polar surface area (TPSA) is 91.3 Å². The van der Waals surface area contributed by atoms with Crippen molar-refractivity contribution in [3.8, 4) is 34.5 Å². The molecule has 0 amide bonds. The molecule has 2 aromatic carbocycles. The van der Waals surface area contributed by atoms with Gasteiger partial charge in [-0.15, -0.1) is 5.54 Å². The summed E-state index contributed by atoms with van der Waals surface area (Å²) >= 11 is 0. The van der Waals surface area contributed by atoms with Gasteiger partial charge in [-0.2, -0.15) is 9.97 Å². The Morgan fingerprint density at radius 1 is 0.965 bits per heavy atom. The van der Waals surface area contributed by atoms with Gasteiger partial charge >= 0.3 is 6.01 Å². The Bertz CT molecular complexity index is 2130. The Morgan fingerprint density at radius 3 is 2.49 bits per heavy atom. The first kappa shape index (κ1) is 41.2. The number of anilines is 1. The zero-order valence-electron chi connectivity index (χ0n) is 34.7. The number of nitrogens with zero attached hydrogens (tertiary/aromatic N) is 5. The van der Waals surface area contributed by atoms with Crippen LogP contribution in [0.25, 0.3) is 32.9 Å². The van der Waals surface area contributed by atoms with Crippen LogP contribution in [0.5, 0.6) is 11.8 Å². The van der Waals surface area contributed by atoms with Gasteiger partial charge in [0.2, 0.25) is 0 Å². The molecule has 7 rings (SSSR count). The van der Waals surface area contributed by atoms with Crippen molar-refractivity contribution in [1.82, 2.24) is 19.9 Å². The van der Waals surface area contributed by atoms with E-state index in [1.807, 2.05) is 0 Å². The van der Waals surface area contributed by atoms with Crippen LogP contribution in [-0.2, 0) is 14.2 Å². The first-order valence-electron chi connectivity index (χ1n) is 20.4. The lowest BCUT2D eigenvalue weighted by Gasteiger charge is -2.38. The second-order valence-corrected chi connectivity index (χ2v) is 22.4. The van der Waals surface area contributed by atoms with E-state index >= 15 is 8.78 Å². The maximum Gasteiger partial charge on any atom is 0.319 e. The smallest absolute Gasteiger partial charge is 0.319 e. The average Bonchev–Trinajstić information content (AvgIpc) is 3.61. The summed E-state index contributed by atoms with van der Waals surface area (Å²) in [5.41, 5.74) is 5.13. The molecule has 57 heavy (non-hydrogen) atoms. The molecule has 13 heteroatoms. The van der Waals surface area contributed by atoms with E-state index in [1.165, 1.54) is 13.2 Å². The third kappa shape index (κ3) is 7.83. The minimum atomic E-state index is -2.27. The number of aromatic nitrogens is 3. The number of benzene rings is 2. The second-order valence-electron chi connectivity index (χ2n) is 16.8. The van der Waals surface area contributed by atoms with Crippen molar-refractivity contribution in [1.29, 1.82) is 0 Å².